The fourth-order valence-corrected chi connectivity index (χ4v) is 6.52. The predicted octanol–water partition coefficient (Wildman–Crippen LogP) is 6.60. The van der Waals surface area contributed by atoms with Gasteiger partial charge < -0.3 is 16.0 Å². The van der Waals surface area contributed by atoms with Crippen molar-refractivity contribution in [1.29, 1.82) is 0 Å². The molecule has 0 aliphatic rings. The molecule has 0 saturated heterocycles. The normalized spacial score (nSPS) is 11.3. The van der Waals surface area contributed by atoms with Crippen LogP contribution in [-0.2, 0) is 5.41 Å². The van der Waals surface area contributed by atoms with E-state index in [4.69, 9.17) is 0 Å². The monoisotopic (exact) mass is 598 g/mol. The molecule has 0 saturated carbocycles. The van der Waals surface area contributed by atoms with Crippen LogP contribution in [0.1, 0.15) is 34.1 Å². The second-order valence-corrected chi connectivity index (χ2v) is 12.1. The van der Waals surface area contributed by atoms with E-state index in [1.807, 2.05) is 62.4 Å². The summed E-state index contributed by atoms with van der Waals surface area (Å²) >= 11 is 2.57. The number of benzene rings is 2. The highest BCUT2D eigenvalue weighted by Crippen LogP contribution is 2.37. The van der Waals surface area contributed by atoms with Crippen molar-refractivity contribution < 1.29 is 9.18 Å². The zero-order valence-corrected chi connectivity index (χ0v) is 24.9. The van der Waals surface area contributed by atoms with E-state index in [1.54, 1.807) is 18.5 Å². The fourth-order valence-electron chi connectivity index (χ4n) is 4.65. The van der Waals surface area contributed by atoms with Gasteiger partial charge in [0.05, 0.1) is 15.3 Å². The van der Waals surface area contributed by atoms with Gasteiger partial charge in [-0.3, -0.25) is 4.79 Å². The molecular weight excluding hydrogens is 568 g/mol. The number of carbonyl (C=O) groups excluding carboxylic acids is 1. The van der Waals surface area contributed by atoms with Crippen LogP contribution in [-0.4, -0.2) is 40.5 Å². The molecule has 0 bridgehead atoms. The summed E-state index contributed by atoms with van der Waals surface area (Å²) in [7, 11) is 0. The van der Waals surface area contributed by atoms with Crippen molar-refractivity contribution in [3.8, 4) is 0 Å². The van der Waals surface area contributed by atoms with Crippen molar-refractivity contribution in [1.82, 2.24) is 25.6 Å². The molecule has 0 radical (unpaired) electrons. The first-order valence-electron chi connectivity index (χ1n) is 13.6. The molecule has 214 valence electrons. The van der Waals surface area contributed by atoms with E-state index >= 15 is 4.39 Å². The Morgan fingerprint density at radius 2 is 1.62 bits per heavy atom. The Labute approximate surface area is 253 Å². The maximum Gasteiger partial charge on any atom is 0.273 e. The number of carbonyl (C=O) groups is 1. The topological polar surface area (TPSA) is 91.8 Å². The number of nitrogens with zero attached hydrogens (tertiary/aromatic N) is 3. The van der Waals surface area contributed by atoms with Gasteiger partial charge in [0.1, 0.15) is 5.82 Å². The largest absolute Gasteiger partial charge is 0.349 e. The van der Waals surface area contributed by atoms with Crippen molar-refractivity contribution in [3.05, 3.63) is 126 Å². The molecule has 0 aliphatic heterocycles. The number of anilines is 2. The highest BCUT2D eigenvalue weighted by Gasteiger charge is 2.35. The van der Waals surface area contributed by atoms with Gasteiger partial charge in [-0.25, -0.2) is 19.3 Å². The molecule has 42 heavy (non-hydrogen) atoms. The molecule has 3 aromatic heterocycles. The van der Waals surface area contributed by atoms with Gasteiger partial charge in [-0.15, -0.1) is 0 Å². The van der Waals surface area contributed by atoms with Gasteiger partial charge in [-0.05, 0) is 48.4 Å². The molecule has 3 heterocycles. The maximum absolute atomic E-state index is 15.7. The van der Waals surface area contributed by atoms with Crippen molar-refractivity contribution in [3.63, 3.8) is 0 Å². The number of thiazole rings is 1. The first-order chi connectivity index (χ1) is 20.5. The van der Waals surface area contributed by atoms with Gasteiger partial charge in [0.25, 0.3) is 5.91 Å². The summed E-state index contributed by atoms with van der Waals surface area (Å²) in [5.74, 6) is -0.550. The second kappa shape index (κ2) is 13.7. The second-order valence-electron chi connectivity index (χ2n) is 9.68. The van der Waals surface area contributed by atoms with Crippen LogP contribution in [0.2, 0.25) is 0 Å². The first-order valence-corrected chi connectivity index (χ1v) is 15.2. The van der Waals surface area contributed by atoms with Crippen LogP contribution in [0, 0.1) is 12.7 Å². The number of aryl methyl sites for hydroxylation is 1. The molecule has 10 heteroatoms. The number of rotatable bonds is 12. The number of pyridine rings is 2. The Hall–Kier alpha value is -4.12. The summed E-state index contributed by atoms with van der Waals surface area (Å²) < 4.78 is 16.4. The number of hydrogen-bond donors (Lipinski definition) is 3. The molecular formula is C32H31FN6OS2. The average molecular weight is 599 g/mol. The number of nitrogens with one attached hydrogen (secondary N) is 3. The number of likely N-dealkylation sites (N-methyl/N-ethyl adjacent to an activating group) is 1. The molecule has 0 aliphatic carbocycles. The van der Waals surface area contributed by atoms with Gasteiger partial charge >= 0.3 is 0 Å². The zero-order chi connectivity index (χ0) is 29.4. The standard InChI is InChI=1S/C32H31FN6OS2/c1-3-34-20-32(23-10-6-4-7-11-23,24-12-8-5-9-13-24)21-38-30(40)29-28(33)25(15-17-36-29)41-27-19-37-31(42-27)39-26-18-22(2)14-16-35-26/h4-19,34H,3,20-21H2,1-2H3,(H,38,40)(H,35,37,39). The third-order valence-electron chi connectivity index (χ3n) is 6.79. The van der Waals surface area contributed by atoms with Crippen molar-refractivity contribution >= 4 is 40.0 Å². The minimum Gasteiger partial charge on any atom is -0.349 e. The van der Waals surface area contributed by atoms with E-state index in [9.17, 15) is 4.79 Å². The van der Waals surface area contributed by atoms with Crippen LogP contribution in [0.4, 0.5) is 15.3 Å². The molecule has 2 aromatic carbocycles. The Kier molecular flexibility index (Phi) is 9.58. The van der Waals surface area contributed by atoms with Gasteiger partial charge in [0.2, 0.25) is 0 Å². The molecule has 0 atom stereocenters. The molecule has 5 aromatic rings. The molecule has 7 nitrogen and oxygen atoms in total. The van der Waals surface area contributed by atoms with Crippen LogP contribution >= 0.6 is 23.1 Å². The van der Waals surface area contributed by atoms with Crippen molar-refractivity contribution in [2.75, 3.05) is 25.0 Å². The summed E-state index contributed by atoms with van der Waals surface area (Å²) in [6.07, 6.45) is 4.85. The molecule has 0 unspecified atom stereocenters. The zero-order valence-electron chi connectivity index (χ0n) is 23.3. The molecule has 1 amide bonds. The highest BCUT2D eigenvalue weighted by molar-refractivity contribution is 8.01. The molecule has 3 N–H and O–H groups in total. The number of aromatic nitrogens is 3. The summed E-state index contributed by atoms with van der Waals surface area (Å²) in [6, 6.07) is 25.5. The molecule has 0 spiro atoms. The van der Waals surface area contributed by atoms with Crippen LogP contribution in [0.5, 0.6) is 0 Å². The van der Waals surface area contributed by atoms with E-state index < -0.39 is 17.1 Å². The van der Waals surface area contributed by atoms with Gasteiger partial charge in [-0.1, -0.05) is 90.7 Å². The Morgan fingerprint density at radius 1 is 0.929 bits per heavy atom. The van der Waals surface area contributed by atoms with Gasteiger partial charge in [0.15, 0.2) is 16.6 Å². The summed E-state index contributed by atoms with van der Waals surface area (Å²) in [4.78, 5) is 26.5. The van der Waals surface area contributed by atoms with Crippen molar-refractivity contribution in [2.24, 2.45) is 0 Å². The minimum atomic E-state index is -0.667. The predicted molar refractivity (Wildman–Crippen MR) is 167 cm³/mol. The third-order valence-corrected chi connectivity index (χ3v) is 8.84. The quantitative estimate of drug-likeness (QED) is 0.149. The lowest BCUT2D eigenvalue weighted by atomic mass is 9.74. The summed E-state index contributed by atoms with van der Waals surface area (Å²) in [6.45, 7) is 5.64. The SMILES string of the molecule is CCNCC(CNC(=O)c1nccc(Sc2cnc(Nc3cc(C)ccn3)s2)c1F)(c1ccccc1)c1ccccc1. The fraction of sp³-hybridized carbons (Fsp3) is 0.188. The average Bonchev–Trinajstić information content (AvgIpc) is 3.45. The van der Waals surface area contributed by atoms with E-state index in [-0.39, 0.29) is 12.2 Å². The summed E-state index contributed by atoms with van der Waals surface area (Å²) in [5, 5.41) is 10.3. The van der Waals surface area contributed by atoms with Crippen LogP contribution < -0.4 is 16.0 Å². The van der Waals surface area contributed by atoms with E-state index in [0.29, 0.717) is 22.4 Å². The summed E-state index contributed by atoms with van der Waals surface area (Å²) in [5.41, 5.74) is 2.35. The smallest absolute Gasteiger partial charge is 0.273 e. The van der Waals surface area contributed by atoms with Crippen molar-refractivity contribution in [2.45, 2.75) is 28.4 Å². The van der Waals surface area contributed by atoms with Gasteiger partial charge in [-0.2, -0.15) is 0 Å². The maximum atomic E-state index is 15.7. The lowest BCUT2D eigenvalue weighted by molar-refractivity contribution is 0.0936. The van der Waals surface area contributed by atoms with Crippen LogP contribution in [0.15, 0.2) is 107 Å². The Bertz CT molecular complexity index is 1590. The number of halogens is 1. The molecule has 5 rings (SSSR count). The minimum absolute atomic E-state index is 0.245. The van der Waals surface area contributed by atoms with E-state index in [0.717, 1.165) is 27.4 Å². The van der Waals surface area contributed by atoms with E-state index in [2.05, 4.69) is 55.2 Å². The lowest BCUT2D eigenvalue weighted by Gasteiger charge is -2.35. The Morgan fingerprint density at radius 3 is 2.29 bits per heavy atom. The van der Waals surface area contributed by atoms with Gasteiger partial charge in [0, 0.05) is 30.9 Å². The van der Waals surface area contributed by atoms with Crippen LogP contribution in [0.25, 0.3) is 0 Å². The Balaban J connectivity index is 1.35. The highest BCUT2D eigenvalue weighted by atomic mass is 32.2. The number of amides is 1. The lowest BCUT2D eigenvalue weighted by Crippen LogP contribution is -2.48. The molecule has 0 fully saturated rings. The third kappa shape index (κ3) is 6.84. The van der Waals surface area contributed by atoms with Crippen LogP contribution in [0.3, 0.4) is 0 Å². The number of hydrogen-bond acceptors (Lipinski definition) is 8. The first kappa shape index (κ1) is 29.4. The van der Waals surface area contributed by atoms with E-state index in [1.165, 1.54) is 29.3 Å².